The Labute approximate surface area is 168 Å². The molecule has 1 aliphatic heterocycles. The van der Waals surface area contributed by atoms with E-state index in [9.17, 15) is 4.79 Å². The third-order valence-electron chi connectivity index (χ3n) is 5.01. The molecule has 28 heavy (non-hydrogen) atoms. The summed E-state index contributed by atoms with van der Waals surface area (Å²) in [5.41, 5.74) is 3.22. The quantitative estimate of drug-likeness (QED) is 0.364. The molecule has 1 saturated heterocycles. The first-order valence-electron chi connectivity index (χ1n) is 9.90. The second-order valence-electron chi connectivity index (χ2n) is 7.31. The number of guanidine groups is 1. The van der Waals surface area contributed by atoms with Gasteiger partial charge in [0, 0.05) is 52.0 Å². The second kappa shape index (κ2) is 11.0. The van der Waals surface area contributed by atoms with Gasteiger partial charge in [0.1, 0.15) is 0 Å². The first kappa shape index (κ1) is 22.2. The molecule has 0 bridgehead atoms. The van der Waals surface area contributed by atoms with Gasteiger partial charge in [0.05, 0.1) is 32.0 Å². The van der Waals surface area contributed by atoms with E-state index >= 15 is 0 Å². The van der Waals surface area contributed by atoms with Crippen molar-refractivity contribution in [1.29, 1.82) is 0 Å². The lowest BCUT2D eigenvalue weighted by Gasteiger charge is -2.26. The van der Waals surface area contributed by atoms with Crippen molar-refractivity contribution < 1.29 is 9.53 Å². The molecule has 9 nitrogen and oxygen atoms in total. The van der Waals surface area contributed by atoms with E-state index in [0.29, 0.717) is 12.5 Å². The number of aromatic nitrogens is 2. The molecule has 0 unspecified atom stereocenters. The molecule has 1 amide bonds. The average molecular weight is 394 g/mol. The smallest absolute Gasteiger partial charge is 0.241 e. The fourth-order valence-corrected chi connectivity index (χ4v) is 3.03. The Balaban J connectivity index is 1.90. The van der Waals surface area contributed by atoms with E-state index in [1.807, 2.05) is 25.6 Å². The van der Waals surface area contributed by atoms with E-state index in [-0.39, 0.29) is 12.5 Å². The third-order valence-corrected chi connectivity index (χ3v) is 5.01. The van der Waals surface area contributed by atoms with E-state index in [0.717, 1.165) is 62.8 Å². The monoisotopic (exact) mass is 393 g/mol. The number of carbonyl (C=O) groups excluding carboxylic acids is 1. The van der Waals surface area contributed by atoms with E-state index < -0.39 is 0 Å². The van der Waals surface area contributed by atoms with Crippen molar-refractivity contribution in [3.05, 3.63) is 17.0 Å². The minimum absolute atomic E-state index is 0.0107. The van der Waals surface area contributed by atoms with Gasteiger partial charge in [0.2, 0.25) is 5.91 Å². The van der Waals surface area contributed by atoms with Crippen molar-refractivity contribution in [3.8, 4) is 0 Å². The summed E-state index contributed by atoms with van der Waals surface area (Å²) in [5, 5.41) is 10.9. The molecule has 0 radical (unpaired) electrons. The Morgan fingerprint density at radius 1 is 1.25 bits per heavy atom. The number of nitrogens with zero attached hydrogens (tertiary/aromatic N) is 5. The van der Waals surface area contributed by atoms with Crippen LogP contribution < -0.4 is 10.6 Å². The number of ether oxygens (including phenoxy) is 1. The molecule has 158 valence electrons. The van der Waals surface area contributed by atoms with Crippen LogP contribution in [-0.2, 0) is 23.1 Å². The zero-order chi connectivity index (χ0) is 20.5. The van der Waals surface area contributed by atoms with E-state index in [2.05, 4.69) is 25.6 Å². The normalized spacial score (nSPS) is 15.5. The summed E-state index contributed by atoms with van der Waals surface area (Å²) in [6.07, 6.45) is 1.01. The van der Waals surface area contributed by atoms with Crippen molar-refractivity contribution in [2.75, 3.05) is 60.0 Å². The zero-order valence-corrected chi connectivity index (χ0v) is 17.9. The van der Waals surface area contributed by atoms with Crippen molar-refractivity contribution in [2.24, 2.45) is 12.0 Å². The Hall–Kier alpha value is -2.13. The molecule has 9 heteroatoms. The summed E-state index contributed by atoms with van der Waals surface area (Å²) < 4.78 is 7.26. The van der Waals surface area contributed by atoms with Gasteiger partial charge in [0.15, 0.2) is 5.96 Å². The molecule has 2 N–H and O–H groups in total. The van der Waals surface area contributed by atoms with Crippen LogP contribution in [0.3, 0.4) is 0 Å². The van der Waals surface area contributed by atoms with Crippen LogP contribution in [0, 0.1) is 13.8 Å². The molecule has 2 heterocycles. The van der Waals surface area contributed by atoms with Crippen LogP contribution in [0.5, 0.6) is 0 Å². The number of likely N-dealkylation sites (N-methyl/N-ethyl adjacent to an activating group) is 1. The number of carbonyl (C=O) groups is 1. The van der Waals surface area contributed by atoms with Crippen molar-refractivity contribution in [2.45, 2.75) is 26.8 Å². The molecule has 1 aromatic heterocycles. The van der Waals surface area contributed by atoms with Crippen LogP contribution >= 0.6 is 0 Å². The fraction of sp³-hybridized carbons (Fsp3) is 0.737. The van der Waals surface area contributed by atoms with E-state index in [1.54, 1.807) is 19.0 Å². The average Bonchev–Trinajstić information content (AvgIpc) is 2.92. The Kier molecular flexibility index (Phi) is 8.72. The summed E-state index contributed by atoms with van der Waals surface area (Å²) in [7, 11) is 5.44. The molecule has 0 atom stereocenters. The van der Waals surface area contributed by atoms with E-state index in [1.165, 1.54) is 0 Å². The molecule has 2 rings (SSSR count). The molecule has 0 aromatic carbocycles. The number of hydrogen-bond donors (Lipinski definition) is 2. The number of hydrogen-bond acceptors (Lipinski definition) is 5. The van der Waals surface area contributed by atoms with Crippen LogP contribution in [0.1, 0.15) is 23.4 Å². The van der Waals surface area contributed by atoms with Crippen LogP contribution in [-0.4, -0.2) is 91.5 Å². The van der Waals surface area contributed by atoms with Crippen molar-refractivity contribution in [3.63, 3.8) is 0 Å². The molecule has 1 aliphatic rings. The Bertz CT molecular complexity index is 663. The number of nitrogens with one attached hydrogen (secondary N) is 2. The third kappa shape index (κ3) is 6.79. The van der Waals surface area contributed by atoms with Gasteiger partial charge < -0.3 is 20.3 Å². The topological polar surface area (TPSA) is 87.0 Å². The molecule has 1 fully saturated rings. The molecular weight excluding hydrogens is 358 g/mol. The SMILES string of the molecule is Cc1nn(C)c(C)c1CN=C(NCCCN1CCOCC1)NCC(=O)N(C)C. The van der Waals surface area contributed by atoms with Gasteiger partial charge in [-0.3, -0.25) is 14.4 Å². The first-order chi connectivity index (χ1) is 13.4. The number of rotatable bonds is 8. The summed E-state index contributed by atoms with van der Waals surface area (Å²) in [6, 6.07) is 0. The number of morpholine rings is 1. The van der Waals surface area contributed by atoms with Gasteiger partial charge in [0.25, 0.3) is 0 Å². The molecule has 0 spiro atoms. The highest BCUT2D eigenvalue weighted by atomic mass is 16.5. The predicted octanol–water partition coefficient (Wildman–Crippen LogP) is -0.117. The van der Waals surface area contributed by atoms with Gasteiger partial charge >= 0.3 is 0 Å². The lowest BCUT2D eigenvalue weighted by molar-refractivity contribution is -0.127. The van der Waals surface area contributed by atoms with Crippen molar-refractivity contribution >= 4 is 11.9 Å². The predicted molar refractivity (Wildman–Crippen MR) is 110 cm³/mol. The Morgan fingerprint density at radius 3 is 2.57 bits per heavy atom. The Morgan fingerprint density at radius 2 is 1.96 bits per heavy atom. The van der Waals surface area contributed by atoms with Gasteiger partial charge in [-0.1, -0.05) is 0 Å². The maximum absolute atomic E-state index is 11.9. The number of aliphatic imine (C=N–C) groups is 1. The van der Waals surface area contributed by atoms with Crippen LogP contribution in [0.2, 0.25) is 0 Å². The minimum Gasteiger partial charge on any atom is -0.379 e. The molecule has 1 aromatic rings. The standard InChI is InChI=1S/C19H35N7O2/c1-15-17(16(2)25(5)23-15)13-21-19(22-14-18(27)24(3)4)20-7-6-8-26-9-11-28-12-10-26/h6-14H2,1-5H3,(H2,20,21,22). The van der Waals surface area contributed by atoms with Gasteiger partial charge in [-0.05, 0) is 26.8 Å². The fourth-order valence-electron chi connectivity index (χ4n) is 3.03. The summed E-state index contributed by atoms with van der Waals surface area (Å²) in [5.74, 6) is 0.663. The number of aryl methyl sites for hydroxylation is 2. The second-order valence-corrected chi connectivity index (χ2v) is 7.31. The van der Waals surface area contributed by atoms with Gasteiger partial charge in [-0.2, -0.15) is 5.10 Å². The summed E-state index contributed by atoms with van der Waals surface area (Å²) in [4.78, 5) is 20.6. The van der Waals surface area contributed by atoms with Crippen LogP contribution in [0.25, 0.3) is 0 Å². The highest BCUT2D eigenvalue weighted by molar-refractivity contribution is 5.86. The minimum atomic E-state index is 0.0107. The molecule has 0 aliphatic carbocycles. The lowest BCUT2D eigenvalue weighted by atomic mass is 10.2. The van der Waals surface area contributed by atoms with Crippen molar-refractivity contribution in [1.82, 2.24) is 30.2 Å². The first-order valence-corrected chi connectivity index (χ1v) is 9.90. The maximum atomic E-state index is 11.9. The lowest BCUT2D eigenvalue weighted by Crippen LogP contribution is -2.44. The highest BCUT2D eigenvalue weighted by Gasteiger charge is 2.12. The van der Waals surface area contributed by atoms with Crippen LogP contribution in [0.15, 0.2) is 4.99 Å². The summed E-state index contributed by atoms with van der Waals surface area (Å²) in [6.45, 7) is 10.2. The zero-order valence-electron chi connectivity index (χ0n) is 17.9. The highest BCUT2D eigenvalue weighted by Crippen LogP contribution is 2.12. The number of amides is 1. The van der Waals surface area contributed by atoms with Crippen LogP contribution in [0.4, 0.5) is 0 Å². The van der Waals surface area contributed by atoms with Gasteiger partial charge in [-0.15, -0.1) is 0 Å². The van der Waals surface area contributed by atoms with E-state index in [4.69, 9.17) is 4.74 Å². The largest absolute Gasteiger partial charge is 0.379 e. The molecular formula is C19H35N7O2. The maximum Gasteiger partial charge on any atom is 0.241 e. The molecule has 0 saturated carbocycles. The summed E-state index contributed by atoms with van der Waals surface area (Å²) >= 11 is 0. The van der Waals surface area contributed by atoms with Gasteiger partial charge in [-0.25, -0.2) is 4.99 Å².